The summed E-state index contributed by atoms with van der Waals surface area (Å²) in [4.78, 5) is 2.55. The van der Waals surface area contributed by atoms with Gasteiger partial charge in [0.05, 0.1) is 13.8 Å². The largest absolute Gasteiger partial charge is 0.361 e. The third kappa shape index (κ3) is 11.9. The molecule has 3 aliphatic carbocycles. The van der Waals surface area contributed by atoms with E-state index in [1.807, 2.05) is 17.4 Å². The molecular weight excluding hydrogens is 892 g/mol. The summed E-state index contributed by atoms with van der Waals surface area (Å²) in [7, 11) is 0.929. The fourth-order valence-electron chi connectivity index (χ4n) is 11.6. The monoisotopic (exact) mass is 982 g/mol. The number of hydrogen-bond acceptors (Lipinski definition) is 3. The number of allylic oxidation sites excluding steroid dienone is 8. The van der Waals surface area contributed by atoms with Crippen molar-refractivity contribution in [1.82, 2.24) is 0 Å². The zero-order valence-electron chi connectivity index (χ0n) is 46.9. The zero-order chi connectivity index (χ0) is 51.7. The van der Waals surface area contributed by atoms with E-state index in [0.29, 0.717) is 23.7 Å². The van der Waals surface area contributed by atoms with E-state index in [1.165, 1.54) is 110 Å². The highest BCUT2D eigenvalue weighted by Gasteiger charge is 2.40. The fourth-order valence-corrected chi connectivity index (χ4v) is 13.8. The van der Waals surface area contributed by atoms with Gasteiger partial charge in [-0.25, -0.2) is 0 Å². The van der Waals surface area contributed by atoms with Crippen molar-refractivity contribution in [3.05, 3.63) is 156 Å². The molecule has 3 aliphatic rings. The van der Waals surface area contributed by atoms with Crippen LogP contribution in [0.25, 0.3) is 21.2 Å². The van der Waals surface area contributed by atoms with Crippen molar-refractivity contribution in [2.45, 2.75) is 182 Å². The number of hydrogen-bond donors (Lipinski definition) is 1. The number of nitrogens with one attached hydrogen (secondary N) is 1. The van der Waals surface area contributed by atoms with E-state index in [4.69, 9.17) is 0 Å². The van der Waals surface area contributed by atoms with E-state index in [0.717, 1.165) is 24.2 Å². The van der Waals surface area contributed by atoms with Gasteiger partial charge >= 0.3 is 0 Å². The predicted molar refractivity (Wildman–Crippen MR) is 322 cm³/mol. The van der Waals surface area contributed by atoms with Crippen molar-refractivity contribution in [2.24, 2.45) is 23.7 Å². The third-order valence-corrected chi connectivity index (χ3v) is 20.2. The Balaban J connectivity index is 1.39. The Kier molecular flexibility index (Phi) is 16.6. The Morgan fingerprint density at radius 1 is 0.845 bits per heavy atom. The third-order valence-electron chi connectivity index (χ3n) is 17.0. The first-order valence-electron chi connectivity index (χ1n) is 27.4. The van der Waals surface area contributed by atoms with E-state index >= 15 is 0 Å². The van der Waals surface area contributed by atoms with Gasteiger partial charge in [0.2, 0.25) is 0 Å². The number of fused-ring (bicyclic) bond motifs is 3. The molecule has 71 heavy (non-hydrogen) atoms. The SMILES string of the molecule is C=C/C=C(\C=C\Nc1cc2c(cc1-c1ccc([Si](C)(C)C)cc1)C(C)(C)CCC2(C)C)N(C1=CCC(C(C)C)C=C1)c1c([B]/C=C/CC(C=C)C(C)CCCC)sc2cc3c(cc12)C(C)(C)CCC3(C)C. The van der Waals surface area contributed by atoms with E-state index in [1.54, 1.807) is 0 Å². The summed E-state index contributed by atoms with van der Waals surface area (Å²) < 4.78 is 2.61. The molecular formula is C66H90BN2SSi. The lowest BCUT2D eigenvalue weighted by atomic mass is 9.62. The van der Waals surface area contributed by atoms with Gasteiger partial charge in [0.15, 0.2) is 7.28 Å². The molecule has 0 saturated carbocycles. The van der Waals surface area contributed by atoms with Crippen LogP contribution in [-0.4, -0.2) is 15.4 Å². The summed E-state index contributed by atoms with van der Waals surface area (Å²) in [5, 5.41) is 6.74. The molecule has 0 bridgehead atoms. The van der Waals surface area contributed by atoms with Crippen LogP contribution < -0.4 is 20.2 Å². The maximum atomic E-state index is 4.35. The Hall–Kier alpha value is -4.32. The maximum Gasteiger partial charge on any atom is 0.197 e. The minimum Gasteiger partial charge on any atom is -0.361 e. The fraction of sp³-hybridized carbons (Fsp3) is 0.485. The summed E-state index contributed by atoms with van der Waals surface area (Å²) in [6.07, 6.45) is 31.0. The quantitative estimate of drug-likeness (QED) is 0.0572. The molecule has 0 spiro atoms. The van der Waals surface area contributed by atoms with Crippen molar-refractivity contribution < 1.29 is 0 Å². The topological polar surface area (TPSA) is 15.3 Å². The summed E-state index contributed by atoms with van der Waals surface area (Å²) in [5.74, 6) is 4.47. The molecule has 377 valence electrons. The van der Waals surface area contributed by atoms with Crippen LogP contribution in [0.4, 0.5) is 11.4 Å². The van der Waals surface area contributed by atoms with Crippen molar-refractivity contribution in [1.29, 1.82) is 0 Å². The molecule has 0 fully saturated rings. The number of nitrogens with zero attached hydrogens (tertiary/aromatic N) is 1. The lowest BCUT2D eigenvalue weighted by molar-refractivity contribution is 0.332. The molecule has 2 nitrogen and oxygen atoms in total. The first-order chi connectivity index (χ1) is 33.4. The Morgan fingerprint density at radius 2 is 1.45 bits per heavy atom. The smallest absolute Gasteiger partial charge is 0.197 e. The van der Waals surface area contributed by atoms with E-state index < -0.39 is 8.07 Å². The van der Waals surface area contributed by atoms with Crippen LogP contribution in [0, 0.1) is 23.7 Å². The Labute approximate surface area is 438 Å². The molecule has 1 aromatic heterocycles. The van der Waals surface area contributed by atoms with Crippen LogP contribution >= 0.6 is 11.3 Å². The highest BCUT2D eigenvalue weighted by molar-refractivity contribution is 7.28. The van der Waals surface area contributed by atoms with E-state index in [2.05, 4.69) is 237 Å². The normalized spacial score (nSPS) is 20.1. The number of unbranched alkanes of at least 4 members (excludes halogenated alkanes) is 1. The summed E-state index contributed by atoms with van der Waals surface area (Å²) in [6.45, 7) is 44.9. The second kappa shape index (κ2) is 21.6. The second-order valence-electron chi connectivity index (χ2n) is 25.6. The highest BCUT2D eigenvalue weighted by Crippen LogP contribution is 2.51. The van der Waals surface area contributed by atoms with Crippen LogP contribution in [0.15, 0.2) is 134 Å². The van der Waals surface area contributed by atoms with Crippen LogP contribution in [-0.2, 0) is 21.7 Å². The van der Waals surface area contributed by atoms with Gasteiger partial charge in [-0.05, 0) is 159 Å². The number of thiophene rings is 1. The number of rotatable bonds is 19. The zero-order valence-corrected chi connectivity index (χ0v) is 48.7. The molecule has 0 aliphatic heterocycles. The highest BCUT2D eigenvalue weighted by atomic mass is 32.1. The van der Waals surface area contributed by atoms with Crippen molar-refractivity contribution in [3.8, 4) is 11.1 Å². The van der Waals surface area contributed by atoms with E-state index in [-0.39, 0.29) is 21.7 Å². The van der Waals surface area contributed by atoms with Crippen molar-refractivity contribution >= 4 is 58.1 Å². The van der Waals surface area contributed by atoms with Crippen molar-refractivity contribution in [2.75, 3.05) is 10.2 Å². The van der Waals surface area contributed by atoms with Crippen LogP contribution in [0.1, 0.15) is 163 Å². The van der Waals surface area contributed by atoms with Gasteiger partial charge in [0.1, 0.15) is 0 Å². The molecule has 0 saturated heterocycles. The van der Waals surface area contributed by atoms with Crippen LogP contribution in [0.2, 0.25) is 19.6 Å². The van der Waals surface area contributed by atoms with E-state index in [9.17, 15) is 0 Å². The van der Waals surface area contributed by atoms with Crippen LogP contribution in [0.3, 0.4) is 0 Å². The lowest BCUT2D eigenvalue weighted by Crippen LogP contribution is -2.37. The van der Waals surface area contributed by atoms with Gasteiger partial charge in [0, 0.05) is 38.9 Å². The molecule has 5 heteroatoms. The summed E-state index contributed by atoms with van der Waals surface area (Å²) in [6, 6.07) is 19.6. The molecule has 3 aromatic carbocycles. The molecule has 1 heterocycles. The van der Waals surface area contributed by atoms with Gasteiger partial charge in [-0.15, -0.1) is 23.9 Å². The second-order valence-corrected chi connectivity index (χ2v) is 31.8. The number of benzene rings is 3. The standard InChI is InChI=1S/C66H90BN2SSi/c1-18-21-24-46(6)47(20-3)25-22-39-67-62-61(54-42-56-58(44-60(54)70-62)66(13,14)38-36-64(56,9)10)69(51-30-26-48(27-31-51)45(4)5)50(23-19-2)34-40-68-59-43-57-55(63(7,8)35-37-65(57,11)12)41-53(59)49-28-32-52(33-29-49)71(15,16)17/h19-20,22-23,26,28-34,39-48,68H,2-3,18,21,24-25,27,35-38H2,1,4-17H3/b39-22+,40-34+,50-23+. The lowest BCUT2D eigenvalue weighted by Gasteiger charge is -2.42. The summed E-state index contributed by atoms with van der Waals surface area (Å²) in [5.41, 5.74) is 13.4. The Morgan fingerprint density at radius 3 is 2.00 bits per heavy atom. The average Bonchev–Trinajstić information content (AvgIpc) is 3.67. The average molecular weight is 982 g/mol. The number of anilines is 2. The van der Waals surface area contributed by atoms with Crippen molar-refractivity contribution in [3.63, 3.8) is 0 Å². The predicted octanol–water partition coefficient (Wildman–Crippen LogP) is 18.3. The van der Waals surface area contributed by atoms with Gasteiger partial charge in [-0.1, -0.05) is 188 Å². The molecule has 1 radical (unpaired) electrons. The molecule has 0 amide bonds. The first kappa shape index (κ1) is 54.5. The molecule has 3 unspecified atom stereocenters. The van der Waals surface area contributed by atoms with Gasteiger partial charge in [-0.2, -0.15) is 0 Å². The molecule has 3 atom stereocenters. The molecule has 7 rings (SSSR count). The first-order valence-corrected chi connectivity index (χ1v) is 31.7. The minimum atomic E-state index is -1.47. The van der Waals surface area contributed by atoms with Crippen LogP contribution in [0.5, 0.6) is 0 Å². The molecule has 1 N–H and O–H groups in total. The minimum absolute atomic E-state index is 0.0739. The maximum absolute atomic E-state index is 4.35. The van der Waals surface area contributed by atoms with Gasteiger partial charge in [0.25, 0.3) is 0 Å². The molecule has 4 aromatic rings. The Bertz CT molecular complexity index is 2720. The van der Waals surface area contributed by atoms with Gasteiger partial charge in [-0.3, -0.25) is 0 Å². The summed E-state index contributed by atoms with van der Waals surface area (Å²) >= 11 is 1.94. The van der Waals surface area contributed by atoms with Gasteiger partial charge < -0.3 is 10.2 Å².